The van der Waals surface area contributed by atoms with E-state index in [2.05, 4.69) is 10.1 Å². The van der Waals surface area contributed by atoms with Crippen LogP contribution < -0.4 is 5.32 Å². The Morgan fingerprint density at radius 2 is 2.36 bits per heavy atom. The average molecular weight is 182 g/mol. The van der Waals surface area contributed by atoms with E-state index in [0.717, 1.165) is 0 Å². The van der Waals surface area contributed by atoms with Crippen molar-refractivity contribution in [3.63, 3.8) is 0 Å². The second-order valence-electron chi connectivity index (χ2n) is 2.31. The molecule has 0 amide bonds. The van der Waals surface area contributed by atoms with Crippen molar-refractivity contribution < 1.29 is 14.6 Å². The zero-order valence-electron chi connectivity index (χ0n) is 6.24. The van der Waals surface area contributed by atoms with Crippen LogP contribution in [0.5, 0.6) is 0 Å². The molecule has 1 fully saturated rings. The topological polar surface area (TPSA) is 58.6 Å². The second-order valence-corrected chi connectivity index (χ2v) is 2.31. The number of aliphatic hydroxyl groups is 1. The molecule has 0 radical (unpaired) electrons. The fourth-order valence-corrected chi connectivity index (χ4v) is 1.06. The summed E-state index contributed by atoms with van der Waals surface area (Å²) in [5, 5.41) is 12.0. The van der Waals surface area contributed by atoms with E-state index in [-0.39, 0.29) is 18.4 Å². The van der Waals surface area contributed by atoms with Gasteiger partial charge in [0, 0.05) is 0 Å². The largest absolute Gasteiger partial charge is 0.468 e. The fraction of sp³-hybridized carbons (Fsp3) is 0.833. The molecule has 0 spiro atoms. The van der Waals surface area contributed by atoms with Crippen molar-refractivity contribution >= 4 is 18.4 Å². The van der Waals surface area contributed by atoms with Gasteiger partial charge in [0.2, 0.25) is 0 Å². The Morgan fingerprint density at radius 1 is 1.73 bits per heavy atom. The first kappa shape index (κ1) is 10.7. The number of nitrogens with one attached hydrogen (secondary N) is 1. The van der Waals surface area contributed by atoms with Gasteiger partial charge in [-0.25, -0.2) is 0 Å². The molecule has 1 rings (SSSR count). The number of carbonyl (C=O) groups excluding carboxylic acids is 1. The summed E-state index contributed by atoms with van der Waals surface area (Å²) in [7, 11) is 1.31. The molecular formula is C6H12ClNO3. The average Bonchev–Trinajstić information content (AvgIpc) is 2.34. The third-order valence-corrected chi connectivity index (χ3v) is 1.64. The van der Waals surface area contributed by atoms with Gasteiger partial charge in [0.15, 0.2) is 0 Å². The molecule has 1 saturated heterocycles. The van der Waals surface area contributed by atoms with Gasteiger partial charge >= 0.3 is 5.97 Å². The molecule has 1 unspecified atom stereocenters. The molecule has 1 aliphatic heterocycles. The number of esters is 1. The van der Waals surface area contributed by atoms with Crippen LogP contribution >= 0.6 is 12.4 Å². The Kier molecular flexibility index (Phi) is 4.40. The normalized spacial score (nSPS) is 29.3. The number of rotatable bonds is 1. The van der Waals surface area contributed by atoms with Crippen LogP contribution in [0.1, 0.15) is 6.42 Å². The van der Waals surface area contributed by atoms with E-state index in [1.165, 1.54) is 7.11 Å². The van der Waals surface area contributed by atoms with Crippen LogP contribution in [0.3, 0.4) is 0 Å². The maximum absolute atomic E-state index is 10.8. The number of halogens is 1. The molecule has 1 aliphatic rings. The lowest BCUT2D eigenvalue weighted by Crippen LogP contribution is -2.39. The number of aliphatic hydroxyl groups excluding tert-OH is 1. The zero-order valence-corrected chi connectivity index (χ0v) is 7.06. The Labute approximate surface area is 71.3 Å². The number of carbonyl (C=O) groups is 1. The van der Waals surface area contributed by atoms with Crippen molar-refractivity contribution in [1.82, 2.24) is 5.32 Å². The molecule has 0 aromatic heterocycles. The molecule has 11 heavy (non-hydrogen) atoms. The first-order valence-corrected chi connectivity index (χ1v) is 3.25. The Morgan fingerprint density at radius 3 is 2.73 bits per heavy atom. The summed E-state index contributed by atoms with van der Waals surface area (Å²) in [5.74, 6) is -0.384. The Bertz CT molecular complexity index is 142. The number of ether oxygens (including phenoxy) is 1. The molecule has 1 heterocycles. The van der Waals surface area contributed by atoms with E-state index in [9.17, 15) is 4.79 Å². The molecule has 0 bridgehead atoms. The van der Waals surface area contributed by atoms with Gasteiger partial charge in [0.25, 0.3) is 0 Å². The summed E-state index contributed by atoms with van der Waals surface area (Å²) in [6.45, 7) is 0.681. The summed E-state index contributed by atoms with van der Waals surface area (Å²) < 4.78 is 4.44. The lowest BCUT2D eigenvalue weighted by atomic mass is 10.2. The van der Waals surface area contributed by atoms with Crippen molar-refractivity contribution in [2.75, 3.05) is 13.7 Å². The lowest BCUT2D eigenvalue weighted by molar-refractivity contribution is -0.144. The summed E-state index contributed by atoms with van der Waals surface area (Å²) >= 11 is 0. The maximum Gasteiger partial charge on any atom is 0.325 e. The molecule has 0 aromatic rings. The molecule has 66 valence electrons. The second kappa shape index (κ2) is 4.54. The highest BCUT2D eigenvalue weighted by Crippen LogP contribution is 2.07. The van der Waals surface area contributed by atoms with Crippen LogP contribution in [0.2, 0.25) is 0 Å². The van der Waals surface area contributed by atoms with Gasteiger partial charge in [0.1, 0.15) is 6.04 Å². The van der Waals surface area contributed by atoms with Crippen LogP contribution in [-0.4, -0.2) is 36.9 Å². The van der Waals surface area contributed by atoms with Gasteiger partial charge in [-0.1, -0.05) is 0 Å². The Hall–Kier alpha value is -0.320. The maximum atomic E-state index is 10.8. The molecule has 2 N–H and O–H groups in total. The number of hydrogen-bond acceptors (Lipinski definition) is 4. The van der Waals surface area contributed by atoms with Crippen molar-refractivity contribution in [2.45, 2.75) is 18.6 Å². The van der Waals surface area contributed by atoms with Crippen LogP contribution in [0.25, 0.3) is 0 Å². The van der Waals surface area contributed by atoms with Gasteiger partial charge in [-0.2, -0.15) is 0 Å². The minimum Gasteiger partial charge on any atom is -0.468 e. The van der Waals surface area contributed by atoms with Gasteiger partial charge in [-0.15, -0.1) is 12.4 Å². The van der Waals surface area contributed by atoms with E-state index in [1.54, 1.807) is 0 Å². The zero-order chi connectivity index (χ0) is 7.56. The smallest absolute Gasteiger partial charge is 0.325 e. The minimum atomic E-state index is -0.576. The summed E-state index contributed by atoms with van der Waals surface area (Å²) in [6, 6.07) is -0.509. The Balaban J connectivity index is 0.000001000. The molecule has 0 saturated carbocycles. The molecule has 5 heteroatoms. The minimum absolute atomic E-state index is 0. The summed E-state index contributed by atoms with van der Waals surface area (Å²) in [4.78, 5) is 10.8. The standard InChI is InChI=1S/C6H11NO3.ClH/c1-10-6(9)5-4(8)2-3-7-5;/h4-5,7-8H,2-3H2,1H3;1H/t4?,5-;/m0./s1. The van der Waals surface area contributed by atoms with Crippen LogP contribution in [0.4, 0.5) is 0 Å². The van der Waals surface area contributed by atoms with E-state index in [4.69, 9.17) is 5.11 Å². The first-order valence-electron chi connectivity index (χ1n) is 3.25. The van der Waals surface area contributed by atoms with E-state index < -0.39 is 12.1 Å². The number of hydrogen-bond donors (Lipinski definition) is 2. The predicted molar refractivity (Wildman–Crippen MR) is 41.7 cm³/mol. The monoisotopic (exact) mass is 181 g/mol. The molecule has 2 atom stereocenters. The van der Waals surface area contributed by atoms with Crippen LogP contribution in [0, 0.1) is 0 Å². The molecule has 0 aliphatic carbocycles. The highest BCUT2D eigenvalue weighted by molar-refractivity contribution is 5.85. The van der Waals surface area contributed by atoms with Crippen molar-refractivity contribution in [1.29, 1.82) is 0 Å². The molecule has 4 nitrogen and oxygen atoms in total. The van der Waals surface area contributed by atoms with Crippen LogP contribution in [0.15, 0.2) is 0 Å². The lowest BCUT2D eigenvalue weighted by Gasteiger charge is -2.10. The van der Waals surface area contributed by atoms with E-state index in [0.29, 0.717) is 13.0 Å². The summed E-state index contributed by atoms with van der Waals surface area (Å²) in [6.07, 6.45) is 0.0483. The van der Waals surface area contributed by atoms with E-state index in [1.807, 2.05) is 0 Å². The SMILES string of the molecule is COC(=O)[C@H]1NCCC1O.Cl. The third kappa shape index (κ3) is 2.32. The molecular weight excluding hydrogens is 170 g/mol. The van der Waals surface area contributed by atoms with Crippen molar-refractivity contribution in [3.05, 3.63) is 0 Å². The van der Waals surface area contributed by atoms with Gasteiger partial charge < -0.3 is 15.2 Å². The fourth-order valence-electron chi connectivity index (χ4n) is 1.06. The van der Waals surface area contributed by atoms with Gasteiger partial charge in [-0.05, 0) is 13.0 Å². The predicted octanol–water partition coefficient (Wildman–Crippen LogP) is -0.696. The van der Waals surface area contributed by atoms with Crippen LogP contribution in [-0.2, 0) is 9.53 Å². The van der Waals surface area contributed by atoms with Crippen molar-refractivity contribution in [2.24, 2.45) is 0 Å². The summed E-state index contributed by atoms with van der Waals surface area (Å²) in [5.41, 5.74) is 0. The quantitative estimate of drug-likeness (QED) is 0.526. The van der Waals surface area contributed by atoms with E-state index >= 15 is 0 Å². The highest BCUT2D eigenvalue weighted by Gasteiger charge is 2.31. The van der Waals surface area contributed by atoms with Gasteiger partial charge in [0.05, 0.1) is 13.2 Å². The number of methoxy groups -OCH3 is 1. The third-order valence-electron chi connectivity index (χ3n) is 1.64. The highest BCUT2D eigenvalue weighted by atomic mass is 35.5. The molecule has 0 aromatic carbocycles. The van der Waals surface area contributed by atoms with Gasteiger partial charge in [-0.3, -0.25) is 4.79 Å². The first-order chi connectivity index (χ1) is 4.75. The van der Waals surface area contributed by atoms with Crippen molar-refractivity contribution in [3.8, 4) is 0 Å².